The summed E-state index contributed by atoms with van der Waals surface area (Å²) in [6, 6.07) is 16.2. The number of benzene rings is 2. The van der Waals surface area contributed by atoms with Gasteiger partial charge >= 0.3 is 0 Å². The van der Waals surface area contributed by atoms with Crippen molar-refractivity contribution in [1.82, 2.24) is 20.1 Å². The van der Waals surface area contributed by atoms with Crippen molar-refractivity contribution in [2.45, 2.75) is 6.42 Å². The molecule has 3 heterocycles. The van der Waals surface area contributed by atoms with E-state index in [9.17, 15) is 4.79 Å². The molecule has 0 bridgehead atoms. The van der Waals surface area contributed by atoms with Gasteiger partial charge in [-0.2, -0.15) is 4.98 Å². The van der Waals surface area contributed by atoms with Gasteiger partial charge in [-0.3, -0.25) is 14.8 Å². The zero-order chi connectivity index (χ0) is 20.3. The monoisotopic (exact) mass is 397 g/mol. The van der Waals surface area contributed by atoms with Crippen LogP contribution < -0.4 is 5.32 Å². The fraction of sp³-hybridized carbons (Fsp3) is 0.0455. The predicted octanol–water partition coefficient (Wildman–Crippen LogP) is 4.12. The van der Waals surface area contributed by atoms with Crippen LogP contribution in [0.4, 0.5) is 5.69 Å². The Hall–Kier alpha value is -4.33. The van der Waals surface area contributed by atoms with Crippen LogP contribution in [0.1, 0.15) is 21.8 Å². The summed E-state index contributed by atoms with van der Waals surface area (Å²) >= 11 is 0. The highest BCUT2D eigenvalue weighted by Gasteiger charge is 2.15. The summed E-state index contributed by atoms with van der Waals surface area (Å²) in [6.07, 6.45) is 5.13. The molecule has 0 aliphatic carbocycles. The Morgan fingerprint density at radius 1 is 0.967 bits per heavy atom. The Labute approximate surface area is 170 Å². The molecule has 0 spiro atoms. The first-order chi connectivity index (χ1) is 14.8. The molecule has 2 aromatic carbocycles. The maximum Gasteiger partial charge on any atom is 0.255 e. The third-order valence-corrected chi connectivity index (χ3v) is 4.55. The minimum atomic E-state index is -0.239. The predicted molar refractivity (Wildman–Crippen MR) is 109 cm³/mol. The van der Waals surface area contributed by atoms with Crippen LogP contribution in [0.5, 0.6) is 0 Å². The maximum absolute atomic E-state index is 12.8. The summed E-state index contributed by atoms with van der Waals surface area (Å²) in [5, 5.41) is 6.89. The van der Waals surface area contributed by atoms with Crippen LogP contribution in [0.2, 0.25) is 0 Å². The average Bonchev–Trinajstić information content (AvgIpc) is 3.47. The summed E-state index contributed by atoms with van der Waals surface area (Å²) < 4.78 is 10.6. The van der Waals surface area contributed by atoms with Gasteiger partial charge in [-0.1, -0.05) is 23.4 Å². The first-order valence-corrected chi connectivity index (χ1v) is 9.23. The number of nitrogens with one attached hydrogen (secondary N) is 1. The van der Waals surface area contributed by atoms with Gasteiger partial charge in [0.05, 0.1) is 23.7 Å². The number of anilines is 1. The first kappa shape index (κ1) is 17.7. The molecule has 0 aliphatic rings. The number of hydrogen-bond acceptors (Lipinski definition) is 7. The minimum absolute atomic E-state index is 0.239. The van der Waals surface area contributed by atoms with Gasteiger partial charge in [0.15, 0.2) is 5.76 Å². The molecule has 3 aromatic heterocycles. The van der Waals surface area contributed by atoms with E-state index in [0.29, 0.717) is 40.7 Å². The van der Waals surface area contributed by atoms with Crippen molar-refractivity contribution < 1.29 is 13.7 Å². The van der Waals surface area contributed by atoms with Crippen molar-refractivity contribution in [3.63, 3.8) is 0 Å². The maximum atomic E-state index is 12.8. The lowest BCUT2D eigenvalue weighted by Crippen LogP contribution is -2.13. The number of amides is 1. The molecule has 0 saturated heterocycles. The molecule has 8 nitrogen and oxygen atoms in total. The SMILES string of the molecule is O=C(Nc1ccccc1Cc1nc(-c2ccco2)no1)c1ccc2nccnc2c1. The number of para-hydroxylation sites is 1. The van der Waals surface area contributed by atoms with E-state index in [1.807, 2.05) is 24.3 Å². The topological polar surface area (TPSA) is 107 Å². The molecular weight excluding hydrogens is 382 g/mol. The summed E-state index contributed by atoms with van der Waals surface area (Å²) in [4.78, 5) is 25.6. The Morgan fingerprint density at radius 3 is 2.70 bits per heavy atom. The summed E-state index contributed by atoms with van der Waals surface area (Å²) in [5.74, 6) is 1.10. The summed E-state index contributed by atoms with van der Waals surface area (Å²) in [6.45, 7) is 0. The molecular formula is C22H15N5O3. The molecule has 0 unspecified atom stereocenters. The molecule has 0 saturated carbocycles. The van der Waals surface area contributed by atoms with Crippen LogP contribution in [0.3, 0.4) is 0 Å². The van der Waals surface area contributed by atoms with Crippen molar-refractivity contribution in [3.8, 4) is 11.6 Å². The van der Waals surface area contributed by atoms with Crippen LogP contribution in [0.25, 0.3) is 22.6 Å². The van der Waals surface area contributed by atoms with E-state index in [2.05, 4.69) is 25.4 Å². The van der Waals surface area contributed by atoms with Gasteiger partial charge in [0.2, 0.25) is 11.7 Å². The number of carbonyl (C=O) groups excluding carboxylic acids is 1. The van der Waals surface area contributed by atoms with Gasteiger partial charge in [0, 0.05) is 23.6 Å². The normalized spacial score (nSPS) is 10.9. The third kappa shape index (κ3) is 3.53. The molecule has 0 aliphatic heterocycles. The van der Waals surface area contributed by atoms with Crippen LogP contribution in [0.15, 0.2) is 82.2 Å². The van der Waals surface area contributed by atoms with Gasteiger partial charge in [0.25, 0.3) is 5.91 Å². The van der Waals surface area contributed by atoms with Gasteiger partial charge in [-0.15, -0.1) is 0 Å². The highest BCUT2D eigenvalue weighted by atomic mass is 16.5. The molecule has 5 rings (SSSR count). The van der Waals surface area contributed by atoms with E-state index in [1.165, 1.54) is 0 Å². The third-order valence-electron chi connectivity index (χ3n) is 4.55. The second-order valence-corrected chi connectivity index (χ2v) is 6.54. The number of furan rings is 1. The van der Waals surface area contributed by atoms with E-state index < -0.39 is 0 Å². The molecule has 8 heteroatoms. The molecule has 0 atom stereocenters. The second-order valence-electron chi connectivity index (χ2n) is 6.54. The zero-order valence-corrected chi connectivity index (χ0v) is 15.6. The van der Waals surface area contributed by atoms with Crippen molar-refractivity contribution >= 4 is 22.6 Å². The van der Waals surface area contributed by atoms with Gasteiger partial charge in [-0.25, -0.2) is 0 Å². The molecule has 0 fully saturated rings. The fourth-order valence-electron chi connectivity index (χ4n) is 3.09. The van der Waals surface area contributed by atoms with E-state index in [0.717, 1.165) is 11.1 Å². The van der Waals surface area contributed by atoms with Gasteiger partial charge in [0.1, 0.15) is 0 Å². The van der Waals surface area contributed by atoms with Crippen molar-refractivity contribution in [2.24, 2.45) is 0 Å². The summed E-state index contributed by atoms with van der Waals surface area (Å²) in [5.41, 5.74) is 3.41. The Balaban J connectivity index is 1.37. The number of hydrogen-bond donors (Lipinski definition) is 1. The Morgan fingerprint density at radius 2 is 1.83 bits per heavy atom. The lowest BCUT2D eigenvalue weighted by atomic mass is 10.1. The minimum Gasteiger partial charge on any atom is -0.461 e. The molecule has 5 aromatic rings. The average molecular weight is 397 g/mol. The molecule has 146 valence electrons. The number of carbonyl (C=O) groups is 1. The number of nitrogens with zero attached hydrogens (tertiary/aromatic N) is 4. The van der Waals surface area contributed by atoms with Crippen LogP contribution in [-0.2, 0) is 6.42 Å². The lowest BCUT2D eigenvalue weighted by molar-refractivity contribution is 0.102. The van der Waals surface area contributed by atoms with E-state index in [-0.39, 0.29) is 5.91 Å². The van der Waals surface area contributed by atoms with Crippen LogP contribution in [0, 0.1) is 0 Å². The molecule has 1 amide bonds. The van der Waals surface area contributed by atoms with Crippen LogP contribution >= 0.6 is 0 Å². The second kappa shape index (κ2) is 7.59. The van der Waals surface area contributed by atoms with Crippen molar-refractivity contribution in [2.75, 3.05) is 5.32 Å². The quantitative estimate of drug-likeness (QED) is 0.475. The Bertz CT molecular complexity index is 1330. The van der Waals surface area contributed by atoms with E-state index >= 15 is 0 Å². The Kier molecular flexibility index (Phi) is 4.49. The zero-order valence-electron chi connectivity index (χ0n) is 15.6. The number of aromatic nitrogens is 4. The number of fused-ring (bicyclic) bond motifs is 1. The molecule has 1 N–H and O–H groups in total. The van der Waals surface area contributed by atoms with E-state index in [4.69, 9.17) is 8.94 Å². The lowest BCUT2D eigenvalue weighted by Gasteiger charge is -2.10. The van der Waals surface area contributed by atoms with Gasteiger partial charge in [-0.05, 0) is 42.0 Å². The highest BCUT2D eigenvalue weighted by Crippen LogP contribution is 2.22. The largest absolute Gasteiger partial charge is 0.461 e. The smallest absolute Gasteiger partial charge is 0.255 e. The van der Waals surface area contributed by atoms with Crippen molar-refractivity contribution in [3.05, 3.63) is 90.3 Å². The fourth-order valence-corrected chi connectivity index (χ4v) is 3.09. The van der Waals surface area contributed by atoms with Crippen LogP contribution in [-0.4, -0.2) is 26.0 Å². The first-order valence-electron chi connectivity index (χ1n) is 9.23. The molecule has 0 radical (unpaired) electrons. The highest BCUT2D eigenvalue weighted by molar-refractivity contribution is 6.06. The molecule has 30 heavy (non-hydrogen) atoms. The van der Waals surface area contributed by atoms with Crippen molar-refractivity contribution in [1.29, 1.82) is 0 Å². The van der Waals surface area contributed by atoms with E-state index in [1.54, 1.807) is 49.0 Å². The summed E-state index contributed by atoms with van der Waals surface area (Å²) in [7, 11) is 0. The number of rotatable bonds is 5. The van der Waals surface area contributed by atoms with Gasteiger partial charge < -0.3 is 14.3 Å². The standard InChI is InChI=1S/C22H15N5O3/c28-22(15-7-8-17-18(12-15)24-10-9-23-17)25-16-5-2-1-4-14(16)13-20-26-21(27-30-20)19-6-3-11-29-19/h1-12H,13H2,(H,25,28).